The number of hydrogen-bond acceptors (Lipinski definition) is 4. The molecule has 2 atom stereocenters. The van der Waals surface area contributed by atoms with Crippen molar-refractivity contribution in [1.82, 2.24) is 10.2 Å². The van der Waals surface area contributed by atoms with Crippen LogP contribution in [0, 0.1) is 5.92 Å². The van der Waals surface area contributed by atoms with Crippen LogP contribution < -0.4 is 10.1 Å². The van der Waals surface area contributed by atoms with Gasteiger partial charge in [0.2, 0.25) is 5.91 Å². The Balaban J connectivity index is 2.22. The molecule has 0 aliphatic carbocycles. The summed E-state index contributed by atoms with van der Waals surface area (Å²) in [5, 5.41) is 3.48. The van der Waals surface area contributed by atoms with E-state index in [9.17, 15) is 4.79 Å². The molecule has 2 rings (SSSR count). The third-order valence-corrected chi connectivity index (χ3v) is 4.42. The highest BCUT2D eigenvalue weighted by atomic mass is 32.2. The summed E-state index contributed by atoms with van der Waals surface area (Å²) >= 11 is 1.76. The molecule has 1 aliphatic rings. The molecule has 1 aromatic carbocycles. The van der Waals surface area contributed by atoms with Crippen LogP contribution >= 0.6 is 11.8 Å². The van der Waals surface area contributed by atoms with E-state index in [0.29, 0.717) is 0 Å². The number of thioether (sulfide) groups is 1. The Morgan fingerprint density at radius 2 is 2.00 bits per heavy atom. The summed E-state index contributed by atoms with van der Waals surface area (Å²) < 4.78 is 5.20. The first-order valence-electron chi connectivity index (χ1n) is 7.28. The van der Waals surface area contributed by atoms with E-state index in [2.05, 4.69) is 25.4 Å². The molecule has 5 heteroatoms. The van der Waals surface area contributed by atoms with Gasteiger partial charge in [-0.15, -0.1) is 0 Å². The molecular weight excluding hydrogens is 284 g/mol. The van der Waals surface area contributed by atoms with Crippen LogP contribution in [0.4, 0.5) is 0 Å². The Kier molecular flexibility index (Phi) is 5.53. The van der Waals surface area contributed by atoms with Gasteiger partial charge in [-0.1, -0.05) is 26.0 Å². The van der Waals surface area contributed by atoms with Crippen molar-refractivity contribution in [2.75, 3.05) is 25.7 Å². The highest BCUT2D eigenvalue weighted by Crippen LogP contribution is 2.29. The van der Waals surface area contributed by atoms with Crippen molar-refractivity contribution in [3.05, 3.63) is 29.8 Å². The monoisotopic (exact) mass is 308 g/mol. The lowest BCUT2D eigenvalue weighted by Gasteiger charge is -2.24. The third-order valence-electron chi connectivity index (χ3n) is 3.83. The second kappa shape index (κ2) is 7.18. The summed E-state index contributed by atoms with van der Waals surface area (Å²) in [6, 6.07) is 7.84. The average molecular weight is 308 g/mol. The Bertz CT molecular complexity index is 476. The molecule has 2 unspecified atom stereocenters. The summed E-state index contributed by atoms with van der Waals surface area (Å²) in [7, 11) is 1.66. The Morgan fingerprint density at radius 1 is 1.33 bits per heavy atom. The summed E-state index contributed by atoms with van der Waals surface area (Å²) in [6.45, 7) is 4.93. The number of carbonyl (C=O) groups excluding carboxylic acids is 1. The van der Waals surface area contributed by atoms with E-state index in [-0.39, 0.29) is 24.0 Å². The number of ether oxygens (including phenoxy) is 1. The number of benzene rings is 1. The Labute approximate surface area is 131 Å². The predicted molar refractivity (Wildman–Crippen MR) is 87.6 cm³/mol. The lowest BCUT2D eigenvalue weighted by Crippen LogP contribution is -2.35. The highest BCUT2D eigenvalue weighted by Gasteiger charge is 2.40. The van der Waals surface area contributed by atoms with Crippen LogP contribution in [0.5, 0.6) is 5.75 Å². The largest absolute Gasteiger partial charge is 0.497 e. The number of nitrogens with zero attached hydrogens (tertiary/aromatic N) is 1. The highest BCUT2D eigenvalue weighted by molar-refractivity contribution is 7.98. The first kappa shape index (κ1) is 16.2. The number of nitrogens with one attached hydrogen (secondary N) is 1. The summed E-state index contributed by atoms with van der Waals surface area (Å²) in [4.78, 5) is 14.6. The molecule has 1 N–H and O–H groups in total. The van der Waals surface area contributed by atoms with Gasteiger partial charge in [-0.2, -0.15) is 11.8 Å². The third kappa shape index (κ3) is 3.52. The van der Waals surface area contributed by atoms with Crippen molar-refractivity contribution < 1.29 is 9.53 Å². The van der Waals surface area contributed by atoms with Crippen LogP contribution in [0.25, 0.3) is 0 Å². The molecule has 21 heavy (non-hydrogen) atoms. The number of rotatable bonds is 6. The van der Waals surface area contributed by atoms with Gasteiger partial charge in [0.05, 0.1) is 13.2 Å². The molecule has 0 bridgehead atoms. The van der Waals surface area contributed by atoms with Gasteiger partial charge in [0, 0.05) is 12.3 Å². The van der Waals surface area contributed by atoms with Crippen molar-refractivity contribution in [2.45, 2.75) is 26.1 Å². The topological polar surface area (TPSA) is 41.6 Å². The van der Waals surface area contributed by atoms with Crippen molar-refractivity contribution in [3.8, 4) is 5.75 Å². The van der Waals surface area contributed by atoms with E-state index in [0.717, 1.165) is 23.6 Å². The second-order valence-electron chi connectivity index (χ2n) is 5.59. The van der Waals surface area contributed by atoms with Crippen molar-refractivity contribution >= 4 is 17.7 Å². The van der Waals surface area contributed by atoms with Crippen LogP contribution in [0.3, 0.4) is 0 Å². The quantitative estimate of drug-likeness (QED) is 0.877. The SMILES string of the molecule is COc1ccc(C2NC(C(C)C)C(=O)N2CCSC)cc1. The van der Waals surface area contributed by atoms with Gasteiger partial charge < -0.3 is 9.64 Å². The number of amides is 1. The smallest absolute Gasteiger partial charge is 0.241 e. The number of methoxy groups -OCH3 is 1. The van der Waals surface area contributed by atoms with E-state index in [4.69, 9.17) is 4.74 Å². The first-order chi connectivity index (χ1) is 10.1. The van der Waals surface area contributed by atoms with Crippen LogP contribution in [0.1, 0.15) is 25.6 Å². The lowest BCUT2D eigenvalue weighted by molar-refractivity contribution is -0.130. The zero-order valence-corrected chi connectivity index (χ0v) is 13.9. The molecule has 1 amide bonds. The van der Waals surface area contributed by atoms with E-state index >= 15 is 0 Å². The van der Waals surface area contributed by atoms with E-state index < -0.39 is 0 Å². The maximum atomic E-state index is 12.6. The fourth-order valence-corrected chi connectivity index (χ4v) is 2.99. The molecular formula is C16H24N2O2S. The maximum absolute atomic E-state index is 12.6. The zero-order chi connectivity index (χ0) is 15.4. The minimum absolute atomic E-state index is 0.0389. The molecule has 1 aromatic rings. The summed E-state index contributed by atoms with van der Waals surface area (Å²) in [5.41, 5.74) is 1.11. The van der Waals surface area contributed by atoms with Gasteiger partial charge in [0.25, 0.3) is 0 Å². The fraction of sp³-hybridized carbons (Fsp3) is 0.562. The number of hydrogen-bond donors (Lipinski definition) is 1. The van der Waals surface area contributed by atoms with Crippen molar-refractivity contribution in [1.29, 1.82) is 0 Å². The Hall–Kier alpha value is -1.20. The molecule has 1 saturated heterocycles. The molecule has 1 fully saturated rings. The fourth-order valence-electron chi connectivity index (χ4n) is 2.61. The molecule has 0 aromatic heterocycles. The first-order valence-corrected chi connectivity index (χ1v) is 8.67. The minimum Gasteiger partial charge on any atom is -0.497 e. The van der Waals surface area contributed by atoms with Crippen LogP contribution in [0.2, 0.25) is 0 Å². The molecule has 116 valence electrons. The standard InChI is InChI=1S/C16H24N2O2S/c1-11(2)14-16(19)18(9-10-21-4)15(17-14)12-5-7-13(20-3)8-6-12/h5-8,11,14-15,17H,9-10H2,1-4H3. The molecule has 4 nitrogen and oxygen atoms in total. The van der Waals surface area contributed by atoms with Gasteiger partial charge in [-0.3, -0.25) is 10.1 Å². The lowest BCUT2D eigenvalue weighted by atomic mass is 10.1. The normalized spacial score (nSPS) is 22.1. The molecule has 0 spiro atoms. The van der Waals surface area contributed by atoms with Crippen LogP contribution in [0.15, 0.2) is 24.3 Å². The summed E-state index contributed by atoms with van der Waals surface area (Å²) in [6.07, 6.45) is 2.03. The van der Waals surface area contributed by atoms with Crippen LogP contribution in [-0.2, 0) is 4.79 Å². The van der Waals surface area contributed by atoms with Crippen LogP contribution in [-0.4, -0.2) is 42.5 Å². The van der Waals surface area contributed by atoms with Gasteiger partial charge in [0.15, 0.2) is 0 Å². The van der Waals surface area contributed by atoms with Crippen molar-refractivity contribution in [3.63, 3.8) is 0 Å². The average Bonchev–Trinajstić information content (AvgIpc) is 2.82. The van der Waals surface area contributed by atoms with Gasteiger partial charge in [0.1, 0.15) is 11.9 Å². The van der Waals surface area contributed by atoms with Gasteiger partial charge >= 0.3 is 0 Å². The van der Waals surface area contributed by atoms with Crippen molar-refractivity contribution in [2.24, 2.45) is 5.92 Å². The maximum Gasteiger partial charge on any atom is 0.241 e. The van der Waals surface area contributed by atoms with Gasteiger partial charge in [-0.05, 0) is 29.9 Å². The molecule has 0 radical (unpaired) electrons. The Morgan fingerprint density at radius 3 is 2.52 bits per heavy atom. The van der Waals surface area contributed by atoms with Gasteiger partial charge in [-0.25, -0.2) is 0 Å². The summed E-state index contributed by atoms with van der Waals surface area (Å²) in [5.74, 6) is 2.28. The zero-order valence-electron chi connectivity index (χ0n) is 13.1. The van der Waals surface area contributed by atoms with E-state index in [1.807, 2.05) is 29.2 Å². The second-order valence-corrected chi connectivity index (χ2v) is 6.57. The molecule has 1 aliphatic heterocycles. The van der Waals surface area contributed by atoms with E-state index in [1.165, 1.54) is 0 Å². The number of carbonyl (C=O) groups is 1. The van der Waals surface area contributed by atoms with E-state index in [1.54, 1.807) is 18.9 Å². The molecule has 1 heterocycles. The molecule has 0 saturated carbocycles. The minimum atomic E-state index is -0.0982. The predicted octanol–water partition coefficient (Wildman–Crippen LogP) is 2.51.